The van der Waals surface area contributed by atoms with Crippen LogP contribution in [-0.4, -0.2) is 29.8 Å². The lowest BCUT2D eigenvalue weighted by Gasteiger charge is -2.13. The fourth-order valence-corrected chi connectivity index (χ4v) is 3.41. The highest BCUT2D eigenvalue weighted by molar-refractivity contribution is 7.17. The maximum absolute atomic E-state index is 12.7. The van der Waals surface area contributed by atoms with Gasteiger partial charge in [-0.25, -0.2) is 0 Å². The third-order valence-electron chi connectivity index (χ3n) is 3.86. The van der Waals surface area contributed by atoms with Crippen molar-refractivity contribution in [3.63, 3.8) is 0 Å². The number of hydrogen-bond donors (Lipinski definition) is 2. The summed E-state index contributed by atoms with van der Waals surface area (Å²) in [5.41, 5.74) is 0.00711. The lowest BCUT2D eigenvalue weighted by Crippen LogP contribution is -2.28. The Hall–Kier alpha value is -3.00. The summed E-state index contributed by atoms with van der Waals surface area (Å²) < 4.78 is 12.2. The Labute approximate surface area is 147 Å². The molecule has 2 aromatic heterocycles. The molecule has 0 fully saturated rings. The van der Waals surface area contributed by atoms with E-state index in [1.54, 1.807) is 36.7 Å². The number of aromatic nitrogens is 1. The first-order valence-corrected chi connectivity index (χ1v) is 8.18. The number of carbonyl (C=O) groups is 1. The predicted molar refractivity (Wildman–Crippen MR) is 96.2 cm³/mol. The van der Waals surface area contributed by atoms with Crippen LogP contribution < -0.4 is 20.3 Å². The lowest BCUT2D eigenvalue weighted by molar-refractivity contribution is 0.102. The van der Waals surface area contributed by atoms with Crippen molar-refractivity contribution in [2.45, 2.75) is 0 Å². The molecule has 2 heterocycles. The molecule has 3 aromatic rings. The zero-order valence-corrected chi connectivity index (χ0v) is 14.6. The minimum Gasteiger partial charge on any atom is -0.505 e. The van der Waals surface area contributed by atoms with Crippen LogP contribution in [0.3, 0.4) is 0 Å². The van der Waals surface area contributed by atoms with E-state index in [4.69, 9.17) is 9.47 Å². The van der Waals surface area contributed by atoms with E-state index in [1.165, 1.54) is 30.1 Å². The van der Waals surface area contributed by atoms with E-state index in [0.717, 1.165) is 0 Å². The van der Waals surface area contributed by atoms with E-state index in [0.29, 0.717) is 27.4 Å². The number of fused-ring (bicyclic) bond motifs is 1. The van der Waals surface area contributed by atoms with Gasteiger partial charge in [-0.2, -0.15) is 0 Å². The van der Waals surface area contributed by atoms with Gasteiger partial charge in [-0.15, -0.1) is 11.3 Å². The number of aryl methyl sites for hydroxylation is 1. The van der Waals surface area contributed by atoms with Gasteiger partial charge in [0.05, 0.1) is 30.1 Å². The van der Waals surface area contributed by atoms with Crippen LogP contribution in [0.25, 0.3) is 10.2 Å². The molecular formula is C17H16N2O5S. The van der Waals surface area contributed by atoms with Crippen LogP contribution in [0.4, 0.5) is 5.69 Å². The van der Waals surface area contributed by atoms with Gasteiger partial charge >= 0.3 is 0 Å². The molecule has 0 radical (unpaired) electrons. The molecule has 0 saturated heterocycles. The van der Waals surface area contributed by atoms with Crippen molar-refractivity contribution in [1.29, 1.82) is 0 Å². The van der Waals surface area contributed by atoms with Crippen molar-refractivity contribution in [1.82, 2.24) is 4.57 Å². The molecule has 2 N–H and O–H groups in total. The number of amides is 1. The second-order valence-corrected chi connectivity index (χ2v) is 6.16. The molecule has 0 saturated carbocycles. The van der Waals surface area contributed by atoms with Crippen LogP contribution in [0, 0.1) is 0 Å². The van der Waals surface area contributed by atoms with Crippen LogP contribution in [0.2, 0.25) is 0 Å². The Morgan fingerprint density at radius 2 is 2.00 bits per heavy atom. The molecule has 0 aliphatic rings. The maximum Gasteiger partial charge on any atom is 0.267 e. The van der Waals surface area contributed by atoms with Crippen molar-refractivity contribution in [3.05, 3.63) is 45.6 Å². The molecule has 0 bridgehead atoms. The van der Waals surface area contributed by atoms with Crippen molar-refractivity contribution in [2.75, 3.05) is 19.5 Å². The molecule has 0 spiro atoms. The highest BCUT2D eigenvalue weighted by atomic mass is 32.1. The van der Waals surface area contributed by atoms with Gasteiger partial charge in [0.2, 0.25) is 0 Å². The van der Waals surface area contributed by atoms with E-state index >= 15 is 0 Å². The number of methoxy groups -OCH3 is 2. The number of hydrogen-bond acceptors (Lipinski definition) is 6. The topological polar surface area (TPSA) is 89.8 Å². The zero-order valence-electron chi connectivity index (χ0n) is 13.8. The SMILES string of the molecule is COc1ccc(OC)c(NC(=O)c2c(O)c3sccc3n(C)c2=O)c1. The first-order chi connectivity index (χ1) is 12.0. The fraction of sp³-hybridized carbons (Fsp3) is 0.176. The molecule has 1 aromatic carbocycles. The van der Waals surface area contributed by atoms with Crippen molar-refractivity contribution in [3.8, 4) is 17.2 Å². The van der Waals surface area contributed by atoms with Crippen molar-refractivity contribution in [2.24, 2.45) is 7.05 Å². The van der Waals surface area contributed by atoms with Crippen LogP contribution in [0.15, 0.2) is 34.4 Å². The molecular weight excluding hydrogens is 344 g/mol. The average molecular weight is 360 g/mol. The fourth-order valence-electron chi connectivity index (χ4n) is 2.54. The number of aromatic hydroxyl groups is 1. The van der Waals surface area contributed by atoms with Gasteiger partial charge in [-0.1, -0.05) is 0 Å². The molecule has 130 valence electrons. The van der Waals surface area contributed by atoms with E-state index in [-0.39, 0.29) is 11.3 Å². The second kappa shape index (κ2) is 6.48. The summed E-state index contributed by atoms with van der Waals surface area (Å²) >= 11 is 1.25. The zero-order chi connectivity index (χ0) is 18.1. The number of carbonyl (C=O) groups excluding carboxylic acids is 1. The van der Waals surface area contributed by atoms with Gasteiger partial charge in [-0.3, -0.25) is 9.59 Å². The minimum atomic E-state index is -0.722. The third-order valence-corrected chi connectivity index (χ3v) is 4.77. The van der Waals surface area contributed by atoms with Gasteiger partial charge < -0.3 is 24.5 Å². The van der Waals surface area contributed by atoms with E-state index < -0.39 is 11.5 Å². The molecule has 0 aliphatic heterocycles. The molecule has 0 atom stereocenters. The van der Waals surface area contributed by atoms with E-state index in [9.17, 15) is 14.7 Å². The van der Waals surface area contributed by atoms with Crippen LogP contribution >= 0.6 is 11.3 Å². The lowest BCUT2D eigenvalue weighted by atomic mass is 10.2. The Bertz CT molecular complexity index is 1020. The number of nitrogens with one attached hydrogen (secondary N) is 1. The highest BCUT2D eigenvalue weighted by Crippen LogP contribution is 2.33. The normalized spacial score (nSPS) is 10.7. The number of pyridine rings is 1. The van der Waals surface area contributed by atoms with Crippen molar-refractivity contribution < 1.29 is 19.4 Å². The van der Waals surface area contributed by atoms with E-state index in [2.05, 4.69) is 5.32 Å². The molecule has 0 aliphatic carbocycles. The monoisotopic (exact) mass is 360 g/mol. The summed E-state index contributed by atoms with van der Waals surface area (Å²) in [6.45, 7) is 0. The molecule has 0 unspecified atom stereocenters. The second-order valence-electron chi connectivity index (χ2n) is 5.24. The third kappa shape index (κ3) is 2.80. The van der Waals surface area contributed by atoms with E-state index in [1.807, 2.05) is 0 Å². The molecule has 25 heavy (non-hydrogen) atoms. The Morgan fingerprint density at radius 3 is 2.68 bits per heavy atom. The molecule has 7 nitrogen and oxygen atoms in total. The number of benzene rings is 1. The summed E-state index contributed by atoms with van der Waals surface area (Å²) in [5, 5.41) is 14.8. The first-order valence-electron chi connectivity index (χ1n) is 7.30. The maximum atomic E-state index is 12.7. The summed E-state index contributed by atoms with van der Waals surface area (Å²) in [7, 11) is 4.52. The summed E-state index contributed by atoms with van der Waals surface area (Å²) in [4.78, 5) is 25.2. The number of anilines is 1. The Kier molecular flexibility index (Phi) is 4.37. The Morgan fingerprint density at radius 1 is 1.24 bits per heavy atom. The predicted octanol–water partition coefficient (Wildman–Crippen LogP) is 2.58. The number of ether oxygens (including phenoxy) is 2. The van der Waals surface area contributed by atoms with Gasteiger partial charge in [0.15, 0.2) is 5.75 Å². The summed E-state index contributed by atoms with van der Waals surface area (Å²) in [6.07, 6.45) is 0. The number of thiophene rings is 1. The largest absolute Gasteiger partial charge is 0.505 e. The number of nitrogens with zero attached hydrogens (tertiary/aromatic N) is 1. The minimum absolute atomic E-state index is 0.317. The average Bonchev–Trinajstić information content (AvgIpc) is 3.10. The van der Waals surface area contributed by atoms with Gasteiger partial charge in [0.25, 0.3) is 11.5 Å². The summed E-state index contributed by atoms with van der Waals surface area (Å²) in [5.74, 6) is -0.128. The summed E-state index contributed by atoms with van der Waals surface area (Å²) in [6, 6.07) is 6.60. The van der Waals surface area contributed by atoms with Crippen molar-refractivity contribution >= 4 is 33.1 Å². The first kappa shape index (κ1) is 16.8. The quantitative estimate of drug-likeness (QED) is 0.746. The van der Waals surface area contributed by atoms with Crippen LogP contribution in [-0.2, 0) is 7.05 Å². The molecule has 3 rings (SSSR count). The van der Waals surface area contributed by atoms with Crippen LogP contribution in [0.1, 0.15) is 10.4 Å². The standard InChI is InChI=1S/C17H16N2O5S/c1-19-11-6-7-25-15(11)14(20)13(17(19)22)16(21)18-10-8-9(23-2)4-5-12(10)24-3/h4-8,20H,1-3H3,(H,18,21). The van der Waals surface area contributed by atoms with Gasteiger partial charge in [0.1, 0.15) is 17.1 Å². The smallest absolute Gasteiger partial charge is 0.267 e. The Balaban J connectivity index is 2.08. The van der Waals surface area contributed by atoms with Gasteiger partial charge in [0, 0.05) is 13.1 Å². The van der Waals surface area contributed by atoms with Crippen LogP contribution in [0.5, 0.6) is 17.2 Å². The number of rotatable bonds is 4. The molecule has 1 amide bonds. The van der Waals surface area contributed by atoms with Gasteiger partial charge in [-0.05, 0) is 23.6 Å². The molecule has 8 heteroatoms. The highest BCUT2D eigenvalue weighted by Gasteiger charge is 2.23.